The lowest BCUT2D eigenvalue weighted by atomic mass is 9.84. The molecule has 1 unspecified atom stereocenters. The number of hydrogen-bond acceptors (Lipinski definition) is 2. The van der Waals surface area contributed by atoms with Crippen molar-refractivity contribution >= 4 is 39.1 Å². The summed E-state index contributed by atoms with van der Waals surface area (Å²) in [6.07, 6.45) is 6.54. The van der Waals surface area contributed by atoms with Gasteiger partial charge in [0.2, 0.25) is 0 Å². The lowest BCUT2D eigenvalue weighted by Gasteiger charge is -2.44. The van der Waals surface area contributed by atoms with Crippen molar-refractivity contribution in [1.82, 2.24) is 9.88 Å². The summed E-state index contributed by atoms with van der Waals surface area (Å²) in [6.45, 7) is 0. The summed E-state index contributed by atoms with van der Waals surface area (Å²) in [5.74, 6) is 0.479. The number of fused-ring (bicyclic) bond motifs is 2. The number of nitrogens with zero attached hydrogens (tertiary/aromatic N) is 2. The molecular formula is C25H23BrCl2N2. The van der Waals surface area contributed by atoms with Crippen LogP contribution in [0.5, 0.6) is 0 Å². The van der Waals surface area contributed by atoms with Crippen LogP contribution in [0.4, 0.5) is 0 Å². The van der Waals surface area contributed by atoms with Gasteiger partial charge in [0.15, 0.2) is 0 Å². The summed E-state index contributed by atoms with van der Waals surface area (Å²) in [4.78, 5) is 7.40. The van der Waals surface area contributed by atoms with Crippen LogP contribution in [-0.2, 0) is 0 Å². The molecule has 3 atom stereocenters. The van der Waals surface area contributed by atoms with Crippen LogP contribution in [0.15, 0.2) is 71.3 Å². The molecule has 2 aromatic carbocycles. The van der Waals surface area contributed by atoms with Gasteiger partial charge < -0.3 is 0 Å². The van der Waals surface area contributed by atoms with Crippen molar-refractivity contribution < 1.29 is 0 Å². The Morgan fingerprint density at radius 2 is 1.40 bits per heavy atom. The fourth-order valence-electron chi connectivity index (χ4n) is 5.44. The second-order valence-electron chi connectivity index (χ2n) is 8.32. The maximum atomic E-state index is 6.72. The van der Waals surface area contributed by atoms with Gasteiger partial charge in [-0.15, -0.1) is 0 Å². The van der Waals surface area contributed by atoms with Crippen LogP contribution < -0.4 is 0 Å². The Hall–Kier alpha value is -1.39. The van der Waals surface area contributed by atoms with Crippen molar-refractivity contribution in [2.75, 3.05) is 0 Å². The van der Waals surface area contributed by atoms with E-state index < -0.39 is 0 Å². The first-order chi connectivity index (χ1) is 14.6. The van der Waals surface area contributed by atoms with Crippen LogP contribution in [0.25, 0.3) is 0 Å². The summed E-state index contributed by atoms with van der Waals surface area (Å²) in [7, 11) is 0. The van der Waals surface area contributed by atoms with Crippen molar-refractivity contribution in [3.8, 4) is 0 Å². The first-order valence-electron chi connectivity index (χ1n) is 10.5. The summed E-state index contributed by atoms with van der Waals surface area (Å²) < 4.78 is 1.12. The van der Waals surface area contributed by atoms with Gasteiger partial charge in [-0.1, -0.05) is 59.6 Å². The highest BCUT2D eigenvalue weighted by Gasteiger charge is 2.46. The minimum atomic E-state index is 0.0676. The zero-order valence-electron chi connectivity index (χ0n) is 16.5. The van der Waals surface area contributed by atoms with E-state index in [0.29, 0.717) is 18.0 Å². The highest BCUT2D eigenvalue weighted by molar-refractivity contribution is 9.10. The Balaban J connectivity index is 1.54. The predicted molar refractivity (Wildman–Crippen MR) is 127 cm³/mol. The molecule has 0 saturated carbocycles. The molecule has 2 fully saturated rings. The number of hydrogen-bond donors (Lipinski definition) is 0. The van der Waals surface area contributed by atoms with Gasteiger partial charge in [-0.3, -0.25) is 9.88 Å². The highest BCUT2D eigenvalue weighted by atomic mass is 79.9. The van der Waals surface area contributed by atoms with Crippen molar-refractivity contribution in [2.45, 2.75) is 49.7 Å². The maximum absolute atomic E-state index is 6.72. The SMILES string of the molecule is Clc1ccccc1C(c1ccccc1Cl)N1[C@@H]2CC[C@H]1CC(c1ncccc1Br)C2. The number of rotatable bonds is 4. The Morgan fingerprint density at radius 3 is 1.93 bits per heavy atom. The molecule has 154 valence electrons. The van der Waals surface area contributed by atoms with Gasteiger partial charge in [-0.05, 0) is 77.0 Å². The van der Waals surface area contributed by atoms with E-state index in [4.69, 9.17) is 28.2 Å². The van der Waals surface area contributed by atoms with Gasteiger partial charge in [0.25, 0.3) is 0 Å². The lowest BCUT2D eigenvalue weighted by molar-refractivity contribution is 0.0925. The quantitative estimate of drug-likeness (QED) is 0.365. The Morgan fingerprint density at radius 1 is 0.833 bits per heavy atom. The van der Waals surface area contributed by atoms with Crippen molar-refractivity contribution in [3.63, 3.8) is 0 Å². The third-order valence-electron chi connectivity index (χ3n) is 6.66. The molecule has 3 aromatic rings. The van der Waals surface area contributed by atoms with E-state index in [1.165, 1.54) is 18.5 Å². The zero-order valence-corrected chi connectivity index (χ0v) is 19.6. The van der Waals surface area contributed by atoms with Crippen molar-refractivity contribution in [1.29, 1.82) is 0 Å². The van der Waals surface area contributed by atoms with Crippen molar-refractivity contribution in [2.24, 2.45) is 0 Å². The normalized spacial score (nSPS) is 23.8. The molecule has 1 aromatic heterocycles. The standard InChI is InChI=1S/C25H23BrCl2N2/c26-21-8-5-13-29-24(21)16-14-17-11-12-18(15-16)30(17)25(19-6-1-3-9-22(19)27)20-7-2-4-10-23(20)28/h1-10,13,16-18,25H,11-12,14-15H2/t16?,17-,18+. The minimum Gasteiger partial charge on any atom is -0.286 e. The molecule has 2 aliphatic heterocycles. The van der Waals surface area contributed by atoms with E-state index in [0.717, 1.165) is 38.5 Å². The molecule has 0 N–H and O–H groups in total. The third-order valence-corrected chi connectivity index (χ3v) is 8.02. The summed E-state index contributed by atoms with van der Waals surface area (Å²) in [5.41, 5.74) is 3.48. The molecule has 2 nitrogen and oxygen atoms in total. The van der Waals surface area contributed by atoms with Crippen LogP contribution >= 0.6 is 39.1 Å². The highest BCUT2D eigenvalue weighted by Crippen LogP contribution is 2.50. The zero-order chi connectivity index (χ0) is 20.7. The summed E-state index contributed by atoms with van der Waals surface area (Å²) in [5, 5.41) is 1.60. The first-order valence-corrected chi connectivity index (χ1v) is 12.0. The van der Waals surface area contributed by atoms with Crippen LogP contribution in [0.3, 0.4) is 0 Å². The third kappa shape index (κ3) is 3.71. The monoisotopic (exact) mass is 500 g/mol. The van der Waals surface area contributed by atoms with E-state index in [-0.39, 0.29) is 6.04 Å². The molecule has 5 rings (SSSR count). The Labute approximate surface area is 196 Å². The average Bonchev–Trinajstić information content (AvgIpc) is 3.00. The number of aromatic nitrogens is 1. The fraction of sp³-hybridized carbons (Fsp3) is 0.320. The number of pyridine rings is 1. The second-order valence-corrected chi connectivity index (χ2v) is 9.99. The molecule has 0 spiro atoms. The second kappa shape index (κ2) is 8.63. The van der Waals surface area contributed by atoms with Gasteiger partial charge in [0, 0.05) is 38.7 Å². The van der Waals surface area contributed by atoms with Crippen LogP contribution in [0.2, 0.25) is 10.0 Å². The average molecular weight is 502 g/mol. The molecule has 5 heteroatoms. The molecule has 30 heavy (non-hydrogen) atoms. The van der Waals surface area contributed by atoms with Crippen LogP contribution in [0.1, 0.15) is 54.5 Å². The minimum absolute atomic E-state index is 0.0676. The van der Waals surface area contributed by atoms with E-state index in [1.54, 1.807) is 0 Å². The first kappa shape index (κ1) is 20.5. The van der Waals surface area contributed by atoms with Gasteiger partial charge >= 0.3 is 0 Å². The fourth-order valence-corrected chi connectivity index (χ4v) is 6.50. The Bertz CT molecular complexity index is 997. The lowest BCUT2D eigenvalue weighted by Crippen LogP contribution is -2.45. The smallest absolute Gasteiger partial charge is 0.0636 e. The maximum Gasteiger partial charge on any atom is 0.0636 e. The molecule has 0 aliphatic carbocycles. The van der Waals surface area contributed by atoms with Gasteiger partial charge in [0.1, 0.15) is 0 Å². The number of piperidine rings is 1. The number of halogens is 3. The molecule has 3 heterocycles. The van der Waals surface area contributed by atoms with Crippen LogP contribution in [-0.4, -0.2) is 22.0 Å². The van der Waals surface area contributed by atoms with E-state index in [9.17, 15) is 0 Å². The van der Waals surface area contributed by atoms with Gasteiger partial charge in [-0.25, -0.2) is 0 Å². The van der Waals surface area contributed by atoms with Crippen molar-refractivity contribution in [3.05, 3.63) is 98.2 Å². The molecule has 0 amide bonds. The number of benzene rings is 2. The topological polar surface area (TPSA) is 16.1 Å². The molecular weight excluding hydrogens is 479 g/mol. The largest absolute Gasteiger partial charge is 0.286 e. The van der Waals surface area contributed by atoms with Gasteiger partial charge in [0.05, 0.1) is 11.7 Å². The molecule has 2 bridgehead atoms. The van der Waals surface area contributed by atoms with E-state index >= 15 is 0 Å². The predicted octanol–water partition coefficient (Wildman–Crippen LogP) is 7.65. The molecule has 2 saturated heterocycles. The summed E-state index contributed by atoms with van der Waals surface area (Å²) >= 11 is 17.1. The van der Waals surface area contributed by atoms with E-state index in [2.05, 4.69) is 51.2 Å². The van der Waals surface area contributed by atoms with E-state index in [1.807, 2.05) is 36.5 Å². The Kier molecular flexibility index (Phi) is 5.90. The van der Waals surface area contributed by atoms with Gasteiger partial charge in [-0.2, -0.15) is 0 Å². The van der Waals surface area contributed by atoms with Crippen LogP contribution in [0, 0.1) is 0 Å². The molecule has 2 aliphatic rings. The molecule has 0 radical (unpaired) electrons. The summed E-state index contributed by atoms with van der Waals surface area (Å²) in [6, 6.07) is 21.5.